The molecule has 0 N–H and O–H groups in total. The van der Waals surface area contributed by atoms with Gasteiger partial charge in [-0.15, -0.1) is 0 Å². The predicted octanol–water partition coefficient (Wildman–Crippen LogP) is 6.57. The van der Waals surface area contributed by atoms with E-state index in [1.807, 2.05) is 0 Å². The maximum atomic E-state index is 2.40. The number of halogens is 1. The minimum Gasteiger partial charge on any atom is -0.0619 e. The summed E-state index contributed by atoms with van der Waals surface area (Å²) in [5.41, 5.74) is 9.67. The van der Waals surface area contributed by atoms with Gasteiger partial charge in [-0.2, -0.15) is 0 Å². The Morgan fingerprint density at radius 2 is 1.39 bits per heavy atom. The van der Waals surface area contributed by atoms with E-state index in [1.54, 1.807) is 0 Å². The van der Waals surface area contributed by atoms with Crippen LogP contribution in [0.15, 0.2) is 60.7 Å². The average Bonchev–Trinajstić information content (AvgIpc) is 2.78. The maximum absolute atomic E-state index is 2.40. The Kier molecular flexibility index (Phi) is 3.38. The zero-order valence-electron chi connectivity index (χ0n) is 13.7. The van der Waals surface area contributed by atoms with Crippen molar-refractivity contribution in [2.75, 3.05) is 0 Å². The van der Waals surface area contributed by atoms with Crippen molar-refractivity contribution >= 4 is 22.6 Å². The van der Waals surface area contributed by atoms with Gasteiger partial charge in [0.1, 0.15) is 0 Å². The van der Waals surface area contributed by atoms with Crippen molar-refractivity contribution in [2.45, 2.75) is 26.2 Å². The molecule has 0 bridgehead atoms. The van der Waals surface area contributed by atoms with E-state index in [-0.39, 0.29) is 5.41 Å². The topological polar surface area (TPSA) is 0 Å². The normalized spacial score (nSPS) is 14.4. The monoisotopic (exact) mass is 410 g/mol. The molecule has 23 heavy (non-hydrogen) atoms. The molecule has 0 radical (unpaired) electrons. The molecule has 4 rings (SSSR count). The van der Waals surface area contributed by atoms with Crippen LogP contribution in [-0.2, 0) is 5.41 Å². The molecule has 0 unspecified atom stereocenters. The summed E-state index contributed by atoms with van der Waals surface area (Å²) in [5.74, 6) is 0. The summed E-state index contributed by atoms with van der Waals surface area (Å²) in [6.45, 7) is 6.85. The van der Waals surface area contributed by atoms with Gasteiger partial charge in [-0.3, -0.25) is 0 Å². The highest BCUT2D eigenvalue weighted by Gasteiger charge is 2.35. The lowest BCUT2D eigenvalue weighted by atomic mass is 9.81. The van der Waals surface area contributed by atoms with E-state index in [1.165, 1.54) is 42.5 Å². The maximum Gasteiger partial charge on any atom is 0.0159 e. The largest absolute Gasteiger partial charge is 0.0619 e. The Balaban J connectivity index is 1.90. The summed E-state index contributed by atoms with van der Waals surface area (Å²) >= 11 is 2.40. The second kappa shape index (κ2) is 5.20. The highest BCUT2D eigenvalue weighted by Crippen LogP contribution is 2.49. The Labute approximate surface area is 151 Å². The van der Waals surface area contributed by atoms with Gasteiger partial charge in [-0.05, 0) is 80.6 Å². The van der Waals surface area contributed by atoms with E-state index in [9.17, 15) is 0 Å². The van der Waals surface area contributed by atoms with Crippen LogP contribution in [0.5, 0.6) is 0 Å². The molecule has 0 heterocycles. The van der Waals surface area contributed by atoms with Crippen LogP contribution >= 0.6 is 22.6 Å². The van der Waals surface area contributed by atoms with E-state index in [0.29, 0.717) is 0 Å². The number of hydrogen-bond acceptors (Lipinski definition) is 0. The number of rotatable bonds is 1. The van der Waals surface area contributed by atoms with Crippen molar-refractivity contribution < 1.29 is 0 Å². The number of aryl methyl sites for hydroxylation is 1. The fraction of sp³-hybridized carbons (Fsp3) is 0.182. The molecule has 114 valence electrons. The van der Waals surface area contributed by atoms with Crippen molar-refractivity contribution in [2.24, 2.45) is 0 Å². The van der Waals surface area contributed by atoms with E-state index in [4.69, 9.17) is 0 Å². The third-order valence-electron chi connectivity index (χ3n) is 5.07. The number of benzene rings is 3. The summed E-state index contributed by atoms with van der Waals surface area (Å²) < 4.78 is 1.32. The first-order valence-corrected chi connectivity index (χ1v) is 9.07. The van der Waals surface area contributed by atoms with Gasteiger partial charge >= 0.3 is 0 Å². The van der Waals surface area contributed by atoms with Gasteiger partial charge in [0.2, 0.25) is 0 Å². The Morgan fingerprint density at radius 3 is 2.17 bits per heavy atom. The molecule has 1 aliphatic carbocycles. The van der Waals surface area contributed by atoms with Gasteiger partial charge < -0.3 is 0 Å². The highest BCUT2D eigenvalue weighted by atomic mass is 127. The molecule has 0 amide bonds. The van der Waals surface area contributed by atoms with Crippen molar-refractivity contribution in [1.29, 1.82) is 0 Å². The van der Waals surface area contributed by atoms with Gasteiger partial charge in [0, 0.05) is 8.99 Å². The van der Waals surface area contributed by atoms with Crippen LogP contribution in [0.4, 0.5) is 0 Å². The van der Waals surface area contributed by atoms with Crippen LogP contribution in [0.1, 0.15) is 30.5 Å². The lowest BCUT2D eigenvalue weighted by Gasteiger charge is -2.22. The molecule has 3 aromatic carbocycles. The highest BCUT2D eigenvalue weighted by molar-refractivity contribution is 14.1. The summed E-state index contributed by atoms with van der Waals surface area (Å²) in [6.07, 6.45) is 0. The smallest absolute Gasteiger partial charge is 0.0159 e. The molecule has 0 aromatic heterocycles. The zero-order chi connectivity index (χ0) is 16.2. The molecule has 0 fully saturated rings. The summed E-state index contributed by atoms with van der Waals surface area (Å²) in [5, 5.41) is 0. The Hall–Kier alpha value is -1.61. The second-order valence-electron chi connectivity index (χ2n) is 6.89. The van der Waals surface area contributed by atoms with E-state index >= 15 is 0 Å². The molecule has 0 aliphatic heterocycles. The van der Waals surface area contributed by atoms with Crippen LogP contribution in [0.2, 0.25) is 0 Å². The third-order valence-corrected chi connectivity index (χ3v) is 6.29. The molecule has 1 heteroatoms. The Bertz CT molecular complexity index is 919. The fourth-order valence-electron chi connectivity index (χ4n) is 3.71. The lowest BCUT2D eigenvalue weighted by Crippen LogP contribution is -2.14. The molecule has 1 aliphatic rings. The minimum atomic E-state index is 0.0696. The molecule has 0 saturated heterocycles. The van der Waals surface area contributed by atoms with E-state index < -0.39 is 0 Å². The predicted molar refractivity (Wildman–Crippen MR) is 107 cm³/mol. The van der Waals surface area contributed by atoms with Crippen LogP contribution in [-0.4, -0.2) is 0 Å². The number of fused-ring (bicyclic) bond motifs is 3. The van der Waals surface area contributed by atoms with Crippen molar-refractivity contribution in [3.63, 3.8) is 0 Å². The quantitative estimate of drug-likeness (QED) is 0.398. The SMILES string of the molecule is Cc1cc(-c2ccc3c(c2)C(C)(C)c2ccccc2-3)ccc1I. The molecule has 3 aromatic rings. The minimum absolute atomic E-state index is 0.0696. The van der Waals surface area contributed by atoms with Crippen LogP contribution in [0, 0.1) is 10.5 Å². The average molecular weight is 410 g/mol. The first-order valence-electron chi connectivity index (χ1n) is 7.99. The molecular weight excluding hydrogens is 391 g/mol. The van der Waals surface area contributed by atoms with Crippen molar-refractivity contribution in [3.05, 3.63) is 80.9 Å². The van der Waals surface area contributed by atoms with Gasteiger partial charge in [-0.1, -0.05) is 62.4 Å². The van der Waals surface area contributed by atoms with Crippen LogP contribution in [0.3, 0.4) is 0 Å². The van der Waals surface area contributed by atoms with Crippen molar-refractivity contribution in [1.82, 2.24) is 0 Å². The molecule has 0 nitrogen and oxygen atoms in total. The van der Waals surface area contributed by atoms with Crippen molar-refractivity contribution in [3.8, 4) is 22.3 Å². The zero-order valence-corrected chi connectivity index (χ0v) is 15.8. The molecule has 0 spiro atoms. The van der Waals surface area contributed by atoms with Gasteiger partial charge in [0.05, 0.1) is 0 Å². The summed E-state index contributed by atoms with van der Waals surface area (Å²) in [7, 11) is 0. The molecule has 0 saturated carbocycles. The Morgan fingerprint density at radius 1 is 0.739 bits per heavy atom. The first kappa shape index (κ1) is 14.9. The lowest BCUT2D eigenvalue weighted by molar-refractivity contribution is 0.660. The fourth-order valence-corrected chi connectivity index (χ4v) is 4.04. The summed E-state index contributed by atoms with van der Waals surface area (Å²) in [4.78, 5) is 0. The number of hydrogen-bond donors (Lipinski definition) is 0. The standard InChI is InChI=1S/C22H19I/c1-14-12-15(9-11-21(14)23)16-8-10-18-17-6-4-5-7-19(17)22(2,3)20(18)13-16/h4-13H,1-3H3. The third kappa shape index (κ3) is 2.25. The van der Waals surface area contributed by atoms with E-state index in [0.717, 1.165) is 0 Å². The van der Waals surface area contributed by atoms with Gasteiger partial charge in [-0.25, -0.2) is 0 Å². The molecule has 0 atom stereocenters. The molecular formula is C22H19I. The second-order valence-corrected chi connectivity index (χ2v) is 8.06. The van der Waals surface area contributed by atoms with Crippen LogP contribution in [0.25, 0.3) is 22.3 Å². The van der Waals surface area contributed by atoms with E-state index in [2.05, 4.69) is 104 Å². The van der Waals surface area contributed by atoms with Gasteiger partial charge in [0.15, 0.2) is 0 Å². The van der Waals surface area contributed by atoms with Crippen LogP contribution < -0.4 is 0 Å². The first-order chi connectivity index (χ1) is 11.0. The van der Waals surface area contributed by atoms with Gasteiger partial charge in [0.25, 0.3) is 0 Å². The summed E-state index contributed by atoms with van der Waals surface area (Å²) in [6, 6.07) is 22.5.